The Balaban J connectivity index is 1.43. The fourth-order valence-corrected chi connectivity index (χ4v) is 2.83. The molecule has 0 unspecified atom stereocenters. The Morgan fingerprint density at radius 3 is 2.00 bits per heavy atom. The molecule has 0 bridgehead atoms. The van der Waals surface area contributed by atoms with E-state index < -0.39 is 11.8 Å². The van der Waals surface area contributed by atoms with Crippen molar-refractivity contribution in [2.24, 2.45) is 0 Å². The van der Waals surface area contributed by atoms with Crippen LogP contribution in [0.5, 0.6) is 5.75 Å². The molecule has 0 fully saturated rings. The first-order chi connectivity index (χ1) is 14.6. The Kier molecular flexibility index (Phi) is 7.33. The van der Waals surface area contributed by atoms with Crippen molar-refractivity contribution in [3.8, 4) is 16.9 Å². The Labute approximate surface area is 174 Å². The van der Waals surface area contributed by atoms with Crippen LogP contribution in [0.1, 0.15) is 23.2 Å². The highest BCUT2D eigenvalue weighted by molar-refractivity contribution is 5.98. The molecule has 3 rings (SSSR count). The van der Waals surface area contributed by atoms with Crippen LogP contribution in [0.2, 0.25) is 0 Å². The molecule has 0 heterocycles. The van der Waals surface area contributed by atoms with Gasteiger partial charge in [0.15, 0.2) is 12.4 Å². The van der Waals surface area contributed by atoms with E-state index in [1.165, 1.54) is 0 Å². The van der Waals surface area contributed by atoms with Crippen molar-refractivity contribution in [3.05, 3.63) is 90.5 Å². The van der Waals surface area contributed by atoms with Crippen LogP contribution in [0.25, 0.3) is 11.1 Å². The first-order valence-corrected chi connectivity index (χ1v) is 9.56. The van der Waals surface area contributed by atoms with Gasteiger partial charge in [-0.15, -0.1) is 0 Å². The molecule has 0 saturated carbocycles. The molecular formula is C24H22N2O4. The van der Waals surface area contributed by atoms with Gasteiger partial charge in [0.1, 0.15) is 5.75 Å². The quantitative estimate of drug-likeness (QED) is 0.446. The number of ether oxygens (including phenoxy) is 1. The van der Waals surface area contributed by atoms with E-state index in [-0.39, 0.29) is 25.2 Å². The number of carbonyl (C=O) groups excluding carboxylic acids is 3. The minimum atomic E-state index is -0.499. The molecule has 6 nitrogen and oxygen atoms in total. The zero-order valence-corrected chi connectivity index (χ0v) is 16.3. The van der Waals surface area contributed by atoms with E-state index in [2.05, 4.69) is 10.9 Å². The number of nitrogens with one attached hydrogen (secondary N) is 2. The lowest BCUT2D eigenvalue weighted by Crippen LogP contribution is -2.43. The van der Waals surface area contributed by atoms with E-state index in [4.69, 9.17) is 4.74 Å². The standard InChI is InChI=1S/C24H22N2O4/c27-21(19-11-5-2-6-12-19)15-16-23(28)25-26-24(29)17-30-22-14-8-7-13-20(22)18-9-3-1-4-10-18/h1-14H,15-17H2,(H,25,28)(H,26,29). The zero-order chi connectivity index (χ0) is 21.2. The van der Waals surface area contributed by atoms with Crippen molar-refractivity contribution in [1.29, 1.82) is 0 Å². The number of ketones is 1. The summed E-state index contributed by atoms with van der Waals surface area (Å²) in [7, 11) is 0. The van der Waals surface area contributed by atoms with Crippen LogP contribution in [0.3, 0.4) is 0 Å². The normalized spacial score (nSPS) is 10.1. The lowest BCUT2D eigenvalue weighted by Gasteiger charge is -2.12. The molecule has 152 valence electrons. The van der Waals surface area contributed by atoms with Gasteiger partial charge in [0.2, 0.25) is 5.91 Å². The summed E-state index contributed by atoms with van der Waals surface area (Å²) in [5.41, 5.74) is 7.00. The van der Waals surface area contributed by atoms with E-state index in [1.807, 2.05) is 54.6 Å². The summed E-state index contributed by atoms with van der Waals surface area (Å²) in [5.74, 6) is -0.505. The van der Waals surface area contributed by atoms with E-state index in [0.717, 1.165) is 11.1 Å². The molecule has 3 aromatic carbocycles. The number of hydrazine groups is 1. The Hall–Kier alpha value is -3.93. The fourth-order valence-electron chi connectivity index (χ4n) is 2.83. The van der Waals surface area contributed by atoms with Crippen molar-refractivity contribution in [2.75, 3.05) is 6.61 Å². The predicted octanol–water partition coefficient (Wildman–Crippen LogP) is 3.54. The summed E-state index contributed by atoms with van der Waals surface area (Å²) in [6.45, 7) is -0.257. The maximum absolute atomic E-state index is 12.0. The smallest absolute Gasteiger partial charge is 0.276 e. The van der Waals surface area contributed by atoms with Crippen LogP contribution in [0, 0.1) is 0 Å². The molecule has 3 aromatic rings. The first-order valence-electron chi connectivity index (χ1n) is 9.56. The number of hydrogen-bond acceptors (Lipinski definition) is 4. The molecule has 2 N–H and O–H groups in total. The molecule has 0 atom stereocenters. The third-order valence-electron chi connectivity index (χ3n) is 4.35. The molecule has 0 aliphatic carbocycles. The number of hydrogen-bond donors (Lipinski definition) is 2. The van der Waals surface area contributed by atoms with Gasteiger partial charge in [-0.2, -0.15) is 0 Å². The van der Waals surface area contributed by atoms with Gasteiger partial charge in [0.25, 0.3) is 5.91 Å². The van der Waals surface area contributed by atoms with Crippen molar-refractivity contribution < 1.29 is 19.1 Å². The molecule has 0 saturated heterocycles. The van der Waals surface area contributed by atoms with Gasteiger partial charge in [0, 0.05) is 24.0 Å². The topological polar surface area (TPSA) is 84.5 Å². The van der Waals surface area contributed by atoms with Crippen molar-refractivity contribution >= 4 is 17.6 Å². The Morgan fingerprint density at radius 2 is 1.27 bits per heavy atom. The van der Waals surface area contributed by atoms with Crippen molar-refractivity contribution in [1.82, 2.24) is 10.9 Å². The van der Waals surface area contributed by atoms with Gasteiger partial charge in [-0.1, -0.05) is 78.9 Å². The SMILES string of the molecule is O=C(CCC(=O)c1ccccc1)NNC(=O)COc1ccccc1-c1ccccc1. The predicted molar refractivity (Wildman–Crippen MR) is 114 cm³/mol. The number of para-hydroxylation sites is 1. The van der Waals surface area contributed by atoms with Gasteiger partial charge in [-0.05, 0) is 11.6 Å². The number of Topliss-reactive ketones (excluding diaryl/α,β-unsaturated/α-hetero) is 1. The summed E-state index contributed by atoms with van der Waals surface area (Å²) in [4.78, 5) is 35.9. The number of rotatable bonds is 8. The van der Waals surface area contributed by atoms with Crippen molar-refractivity contribution in [2.45, 2.75) is 12.8 Å². The van der Waals surface area contributed by atoms with Gasteiger partial charge in [0.05, 0.1) is 0 Å². The minimum Gasteiger partial charge on any atom is -0.483 e. The van der Waals surface area contributed by atoms with E-state index in [9.17, 15) is 14.4 Å². The monoisotopic (exact) mass is 402 g/mol. The van der Waals surface area contributed by atoms with E-state index in [0.29, 0.717) is 11.3 Å². The Morgan fingerprint density at radius 1 is 0.667 bits per heavy atom. The molecular weight excluding hydrogens is 380 g/mol. The lowest BCUT2D eigenvalue weighted by molar-refractivity contribution is -0.130. The first kappa shape index (κ1) is 20.8. The van der Waals surface area contributed by atoms with Crippen LogP contribution in [0.4, 0.5) is 0 Å². The average Bonchev–Trinajstić information content (AvgIpc) is 2.81. The van der Waals surface area contributed by atoms with Gasteiger partial charge < -0.3 is 4.74 Å². The summed E-state index contributed by atoms with van der Waals surface area (Å²) in [6.07, 6.45) is 0.0401. The second-order valence-corrected chi connectivity index (χ2v) is 6.54. The zero-order valence-electron chi connectivity index (χ0n) is 16.3. The molecule has 2 amide bonds. The molecule has 0 aliphatic rings. The van der Waals surface area contributed by atoms with Crippen LogP contribution >= 0.6 is 0 Å². The summed E-state index contributed by atoms with van der Waals surface area (Å²) in [5, 5.41) is 0. The van der Waals surface area contributed by atoms with Crippen LogP contribution < -0.4 is 15.6 Å². The number of amides is 2. The molecule has 0 radical (unpaired) electrons. The number of benzene rings is 3. The largest absolute Gasteiger partial charge is 0.483 e. The van der Waals surface area contributed by atoms with Crippen LogP contribution in [0.15, 0.2) is 84.9 Å². The van der Waals surface area contributed by atoms with Gasteiger partial charge >= 0.3 is 0 Å². The Bertz CT molecular complexity index is 1000. The molecule has 0 spiro atoms. The van der Waals surface area contributed by atoms with Crippen LogP contribution in [-0.2, 0) is 9.59 Å². The van der Waals surface area contributed by atoms with Crippen molar-refractivity contribution in [3.63, 3.8) is 0 Å². The highest BCUT2D eigenvalue weighted by atomic mass is 16.5. The van der Waals surface area contributed by atoms with Gasteiger partial charge in [-0.25, -0.2) is 0 Å². The maximum atomic E-state index is 12.0. The average molecular weight is 402 g/mol. The van der Waals surface area contributed by atoms with E-state index >= 15 is 0 Å². The van der Waals surface area contributed by atoms with E-state index in [1.54, 1.807) is 30.3 Å². The fraction of sp³-hybridized carbons (Fsp3) is 0.125. The maximum Gasteiger partial charge on any atom is 0.276 e. The third-order valence-corrected chi connectivity index (χ3v) is 4.35. The summed E-state index contributed by atoms with van der Waals surface area (Å²) < 4.78 is 5.62. The van der Waals surface area contributed by atoms with Gasteiger partial charge in [-0.3, -0.25) is 25.2 Å². The second-order valence-electron chi connectivity index (χ2n) is 6.54. The minimum absolute atomic E-state index is 0.0221. The highest BCUT2D eigenvalue weighted by Gasteiger charge is 2.11. The summed E-state index contributed by atoms with van der Waals surface area (Å²) in [6, 6.07) is 25.9. The third kappa shape index (κ3) is 6.04. The second kappa shape index (κ2) is 10.6. The highest BCUT2D eigenvalue weighted by Crippen LogP contribution is 2.29. The lowest BCUT2D eigenvalue weighted by atomic mass is 10.1. The molecule has 30 heavy (non-hydrogen) atoms. The van der Waals surface area contributed by atoms with Crippen LogP contribution in [-0.4, -0.2) is 24.2 Å². The molecule has 0 aromatic heterocycles. The summed E-state index contributed by atoms with van der Waals surface area (Å²) >= 11 is 0. The molecule has 0 aliphatic heterocycles. The molecule has 6 heteroatoms. The number of carbonyl (C=O) groups is 3.